The minimum absolute atomic E-state index is 0.0328. The van der Waals surface area contributed by atoms with Gasteiger partial charge in [-0.05, 0) is 56.7 Å². The zero-order chi connectivity index (χ0) is 28.4. The number of anilines is 1. The highest BCUT2D eigenvalue weighted by Crippen LogP contribution is 2.30. The molecule has 3 aromatic carbocycles. The number of amides is 3. The molecule has 0 aromatic heterocycles. The summed E-state index contributed by atoms with van der Waals surface area (Å²) in [6.07, 6.45) is -0.577. The Bertz CT molecular complexity index is 1280. The van der Waals surface area contributed by atoms with Crippen LogP contribution in [0.5, 0.6) is 11.5 Å². The van der Waals surface area contributed by atoms with Crippen molar-refractivity contribution < 1.29 is 28.2 Å². The van der Waals surface area contributed by atoms with Crippen molar-refractivity contribution in [3.05, 3.63) is 88.7 Å². The van der Waals surface area contributed by atoms with Crippen LogP contribution in [0.3, 0.4) is 0 Å². The van der Waals surface area contributed by atoms with Crippen LogP contribution in [-0.4, -0.2) is 42.8 Å². The lowest BCUT2D eigenvalue weighted by atomic mass is 10.2. The van der Waals surface area contributed by atoms with Gasteiger partial charge in [-0.15, -0.1) is 0 Å². The number of hydrogen-bond acceptors (Lipinski definition) is 5. The average Bonchev–Trinajstić information content (AvgIpc) is 2.88. The highest BCUT2D eigenvalue weighted by Gasteiger charge is 2.19. The Morgan fingerprint density at radius 2 is 1.72 bits per heavy atom. The van der Waals surface area contributed by atoms with Gasteiger partial charge in [-0.1, -0.05) is 48.0 Å². The van der Waals surface area contributed by atoms with Gasteiger partial charge in [-0.3, -0.25) is 0 Å². The zero-order valence-corrected chi connectivity index (χ0v) is 23.2. The molecule has 0 fully saturated rings. The number of urea groups is 1. The highest BCUT2D eigenvalue weighted by atomic mass is 35.5. The van der Waals surface area contributed by atoms with Gasteiger partial charge in [-0.25, -0.2) is 14.0 Å². The third kappa shape index (κ3) is 9.37. The molecule has 3 amide bonds. The maximum Gasteiger partial charge on any atom is 0.407 e. The molecule has 0 heterocycles. The molecule has 39 heavy (non-hydrogen) atoms. The molecule has 8 nitrogen and oxygen atoms in total. The number of methoxy groups -OCH3 is 1. The van der Waals surface area contributed by atoms with E-state index in [0.29, 0.717) is 27.8 Å². The first-order valence-corrected chi connectivity index (χ1v) is 12.7. The maximum absolute atomic E-state index is 14.0. The lowest BCUT2D eigenvalue weighted by Gasteiger charge is -2.25. The molecule has 10 heteroatoms. The van der Waals surface area contributed by atoms with Crippen LogP contribution < -0.4 is 20.1 Å². The van der Waals surface area contributed by atoms with Crippen molar-refractivity contribution in [2.45, 2.75) is 39.5 Å². The molecule has 3 aromatic rings. The number of nitrogens with zero attached hydrogens (tertiary/aromatic N) is 1. The summed E-state index contributed by atoms with van der Waals surface area (Å²) in [5.74, 6) is 0.513. The van der Waals surface area contributed by atoms with E-state index in [1.165, 1.54) is 18.1 Å². The fourth-order valence-corrected chi connectivity index (χ4v) is 3.72. The predicted molar refractivity (Wildman–Crippen MR) is 149 cm³/mol. The van der Waals surface area contributed by atoms with Crippen molar-refractivity contribution in [2.75, 3.05) is 25.5 Å². The van der Waals surface area contributed by atoms with E-state index in [4.69, 9.17) is 25.8 Å². The number of nitrogens with one attached hydrogen (secondary N) is 2. The fraction of sp³-hybridized carbons (Fsp3) is 0.310. The average molecular weight is 558 g/mol. The van der Waals surface area contributed by atoms with E-state index in [1.54, 1.807) is 81.4 Å². The van der Waals surface area contributed by atoms with Crippen LogP contribution >= 0.6 is 11.6 Å². The van der Waals surface area contributed by atoms with Gasteiger partial charge in [-0.2, -0.15) is 0 Å². The lowest BCUT2D eigenvalue weighted by Crippen LogP contribution is -2.41. The van der Waals surface area contributed by atoms with Gasteiger partial charge in [0.2, 0.25) is 0 Å². The normalized spacial score (nSPS) is 10.9. The molecular weight excluding hydrogens is 525 g/mol. The number of halogens is 2. The van der Waals surface area contributed by atoms with Crippen LogP contribution in [0.15, 0.2) is 66.7 Å². The van der Waals surface area contributed by atoms with Crippen LogP contribution in [0.4, 0.5) is 19.7 Å². The Morgan fingerprint density at radius 3 is 2.41 bits per heavy atom. The molecule has 0 radical (unpaired) electrons. The van der Waals surface area contributed by atoms with Crippen molar-refractivity contribution in [3.8, 4) is 11.5 Å². The zero-order valence-electron chi connectivity index (χ0n) is 22.4. The van der Waals surface area contributed by atoms with Gasteiger partial charge >= 0.3 is 12.1 Å². The molecule has 0 aliphatic carbocycles. The summed E-state index contributed by atoms with van der Waals surface area (Å²) in [6.45, 7) is 5.88. The molecule has 0 saturated carbocycles. The van der Waals surface area contributed by atoms with Crippen LogP contribution in [0.1, 0.15) is 31.9 Å². The first kappa shape index (κ1) is 29.6. The molecule has 2 N–H and O–H groups in total. The van der Waals surface area contributed by atoms with Crippen LogP contribution in [0.25, 0.3) is 0 Å². The van der Waals surface area contributed by atoms with Gasteiger partial charge in [0.15, 0.2) is 11.5 Å². The van der Waals surface area contributed by atoms with Crippen LogP contribution in [0.2, 0.25) is 5.02 Å². The third-order valence-corrected chi connectivity index (χ3v) is 5.72. The summed E-state index contributed by atoms with van der Waals surface area (Å²) in [4.78, 5) is 26.8. The SMILES string of the molecule is COc1cc(CN(CCNC(=O)OC(C)(C)C)C(=O)Nc2ccccc2Cl)ccc1OCc1ccccc1F. The molecule has 0 saturated heterocycles. The number of alkyl carbamates (subject to hydrolysis) is 1. The molecule has 0 spiro atoms. The van der Waals surface area contributed by atoms with E-state index in [-0.39, 0.29) is 32.1 Å². The molecule has 0 bridgehead atoms. The number of para-hydroxylation sites is 1. The number of ether oxygens (including phenoxy) is 3. The van der Waals surface area contributed by atoms with E-state index in [1.807, 2.05) is 0 Å². The summed E-state index contributed by atoms with van der Waals surface area (Å²) < 4.78 is 30.5. The number of hydrogen-bond donors (Lipinski definition) is 2. The Labute approximate surface area is 233 Å². The standard InChI is InChI=1S/C29H33ClFN3O5/c1-29(2,3)39-28(36)32-15-16-34(27(35)33-24-12-8-6-10-22(24)30)18-20-13-14-25(26(17-20)37-4)38-19-21-9-5-7-11-23(21)31/h5-14,17H,15-16,18-19H2,1-4H3,(H,32,36)(H,33,35). The van der Waals surface area contributed by atoms with Crippen molar-refractivity contribution >= 4 is 29.4 Å². The first-order chi connectivity index (χ1) is 18.6. The molecule has 0 aliphatic rings. The topological polar surface area (TPSA) is 89.1 Å². The minimum Gasteiger partial charge on any atom is -0.493 e. The van der Waals surface area contributed by atoms with Crippen molar-refractivity contribution in [1.29, 1.82) is 0 Å². The number of carbonyl (C=O) groups excluding carboxylic acids is 2. The molecule has 0 aliphatic heterocycles. The second-order valence-corrected chi connectivity index (χ2v) is 10.0. The summed E-state index contributed by atoms with van der Waals surface area (Å²) in [5, 5.41) is 5.88. The van der Waals surface area contributed by atoms with Crippen LogP contribution in [0, 0.1) is 5.82 Å². The third-order valence-electron chi connectivity index (χ3n) is 5.40. The van der Waals surface area contributed by atoms with E-state index in [9.17, 15) is 14.0 Å². The monoisotopic (exact) mass is 557 g/mol. The second kappa shape index (κ2) is 13.7. The summed E-state index contributed by atoms with van der Waals surface area (Å²) in [6, 6.07) is 18.1. The lowest BCUT2D eigenvalue weighted by molar-refractivity contribution is 0.0523. The quantitative estimate of drug-likeness (QED) is 0.292. The number of benzene rings is 3. The number of carbonyl (C=O) groups is 2. The summed E-state index contributed by atoms with van der Waals surface area (Å²) in [5.41, 5.74) is 0.988. The van der Waals surface area contributed by atoms with Gasteiger partial charge in [0.25, 0.3) is 0 Å². The first-order valence-electron chi connectivity index (χ1n) is 12.4. The Kier molecular flexibility index (Phi) is 10.4. The molecular formula is C29H33ClFN3O5. The highest BCUT2D eigenvalue weighted by molar-refractivity contribution is 6.33. The van der Waals surface area contributed by atoms with Gasteiger partial charge in [0, 0.05) is 25.2 Å². The van der Waals surface area contributed by atoms with E-state index >= 15 is 0 Å². The maximum atomic E-state index is 14.0. The molecule has 0 atom stereocenters. The predicted octanol–water partition coefficient (Wildman–Crippen LogP) is 6.63. The smallest absolute Gasteiger partial charge is 0.407 e. The van der Waals surface area contributed by atoms with E-state index < -0.39 is 17.7 Å². The Balaban J connectivity index is 1.73. The Hall–Kier alpha value is -3.98. The molecule has 0 unspecified atom stereocenters. The van der Waals surface area contributed by atoms with E-state index in [2.05, 4.69) is 10.6 Å². The second-order valence-electron chi connectivity index (χ2n) is 9.63. The Morgan fingerprint density at radius 1 is 1.00 bits per heavy atom. The molecule has 208 valence electrons. The summed E-state index contributed by atoms with van der Waals surface area (Å²) in [7, 11) is 1.50. The number of rotatable bonds is 10. The fourth-order valence-electron chi connectivity index (χ4n) is 3.54. The van der Waals surface area contributed by atoms with Gasteiger partial charge < -0.3 is 29.7 Å². The minimum atomic E-state index is -0.641. The van der Waals surface area contributed by atoms with Gasteiger partial charge in [0.05, 0.1) is 17.8 Å². The van der Waals surface area contributed by atoms with E-state index in [0.717, 1.165) is 5.56 Å². The summed E-state index contributed by atoms with van der Waals surface area (Å²) >= 11 is 6.22. The molecule has 3 rings (SSSR count). The largest absolute Gasteiger partial charge is 0.493 e. The van der Waals surface area contributed by atoms with Crippen molar-refractivity contribution in [2.24, 2.45) is 0 Å². The van der Waals surface area contributed by atoms with Crippen molar-refractivity contribution in [1.82, 2.24) is 10.2 Å². The van der Waals surface area contributed by atoms with Crippen molar-refractivity contribution in [3.63, 3.8) is 0 Å². The van der Waals surface area contributed by atoms with Gasteiger partial charge in [0.1, 0.15) is 18.0 Å². The van der Waals surface area contributed by atoms with Crippen LogP contribution in [-0.2, 0) is 17.9 Å².